The molecular weight excluding hydrogens is 176 g/mol. The van der Waals surface area contributed by atoms with Crippen molar-refractivity contribution in [2.75, 3.05) is 0 Å². The summed E-state index contributed by atoms with van der Waals surface area (Å²) in [6.07, 6.45) is 0. The highest BCUT2D eigenvalue weighted by Gasteiger charge is 3.11. The SMILES string of the molecule is O=C(O)C12C3C4C1C1C2C3C41Cl. The molecule has 6 aliphatic rings. The number of aliphatic carboxylic acids is 1. The molecule has 0 aromatic heterocycles. The fourth-order valence-corrected chi connectivity index (χ4v) is 6.64. The van der Waals surface area contributed by atoms with E-state index in [1.807, 2.05) is 0 Å². The Kier molecular flexibility index (Phi) is 0.436. The fourth-order valence-electron chi connectivity index (χ4n) is 5.82. The van der Waals surface area contributed by atoms with Gasteiger partial charge in [-0.2, -0.15) is 0 Å². The first-order chi connectivity index (χ1) is 5.68. The van der Waals surface area contributed by atoms with Crippen LogP contribution in [-0.4, -0.2) is 16.0 Å². The second-order valence-electron chi connectivity index (χ2n) is 5.22. The molecule has 12 heavy (non-hydrogen) atoms. The minimum absolute atomic E-state index is 0.136. The van der Waals surface area contributed by atoms with E-state index >= 15 is 0 Å². The van der Waals surface area contributed by atoms with Gasteiger partial charge >= 0.3 is 5.97 Å². The summed E-state index contributed by atoms with van der Waals surface area (Å²) in [5.74, 6) is 2.86. The lowest BCUT2D eigenvalue weighted by Crippen LogP contribution is -3.12. The third kappa shape index (κ3) is 0.173. The maximum absolute atomic E-state index is 11.0. The van der Waals surface area contributed by atoms with Crippen molar-refractivity contribution >= 4 is 17.6 Å². The van der Waals surface area contributed by atoms with Gasteiger partial charge in [0.2, 0.25) is 0 Å². The van der Waals surface area contributed by atoms with Crippen LogP contribution in [0, 0.1) is 40.9 Å². The monoisotopic (exact) mass is 182 g/mol. The van der Waals surface area contributed by atoms with Crippen LogP contribution in [0.2, 0.25) is 0 Å². The topological polar surface area (TPSA) is 37.3 Å². The van der Waals surface area contributed by atoms with Crippen LogP contribution in [0.1, 0.15) is 0 Å². The molecule has 6 saturated carbocycles. The number of rotatable bonds is 1. The van der Waals surface area contributed by atoms with Crippen molar-refractivity contribution in [2.45, 2.75) is 4.87 Å². The summed E-state index contributed by atoms with van der Waals surface area (Å²) in [5, 5.41) is 9.11. The second kappa shape index (κ2) is 0.955. The first-order valence-corrected chi connectivity index (χ1v) is 4.98. The molecule has 0 radical (unpaired) electrons. The number of halogens is 1. The molecule has 62 valence electrons. The Morgan fingerprint density at radius 3 is 1.83 bits per heavy atom. The molecule has 0 bridgehead atoms. The summed E-state index contributed by atoms with van der Waals surface area (Å²) in [6, 6.07) is 0. The molecule has 0 aliphatic heterocycles. The average molecular weight is 183 g/mol. The third-order valence-electron chi connectivity index (χ3n) is 5.88. The van der Waals surface area contributed by atoms with Crippen LogP contribution < -0.4 is 0 Å². The molecule has 1 N–H and O–H groups in total. The van der Waals surface area contributed by atoms with Gasteiger partial charge in [-0.3, -0.25) is 4.79 Å². The molecule has 0 unspecified atom stereocenters. The summed E-state index contributed by atoms with van der Waals surface area (Å²) < 4.78 is 0. The van der Waals surface area contributed by atoms with Crippen LogP contribution >= 0.6 is 11.6 Å². The lowest BCUT2D eigenvalue weighted by Gasteiger charge is -3.08. The van der Waals surface area contributed by atoms with E-state index in [9.17, 15) is 4.79 Å². The van der Waals surface area contributed by atoms with E-state index in [4.69, 9.17) is 16.7 Å². The van der Waals surface area contributed by atoms with E-state index in [2.05, 4.69) is 0 Å². The minimum atomic E-state index is -0.523. The third-order valence-corrected chi connectivity index (χ3v) is 6.64. The molecule has 0 aromatic rings. The van der Waals surface area contributed by atoms with E-state index in [0.717, 1.165) is 0 Å². The molecule has 0 amide bonds. The van der Waals surface area contributed by atoms with Gasteiger partial charge in [0.25, 0.3) is 0 Å². The molecule has 0 spiro atoms. The summed E-state index contributed by atoms with van der Waals surface area (Å²) >= 11 is 6.36. The number of carbonyl (C=O) groups is 1. The highest BCUT2D eigenvalue weighted by Crippen LogP contribution is 3.08. The molecule has 0 heterocycles. The van der Waals surface area contributed by atoms with Gasteiger partial charge in [0.15, 0.2) is 0 Å². The Morgan fingerprint density at radius 1 is 1.08 bits per heavy atom. The van der Waals surface area contributed by atoms with Crippen LogP contribution in [0.25, 0.3) is 0 Å². The van der Waals surface area contributed by atoms with Crippen LogP contribution in [0.5, 0.6) is 0 Å². The predicted octanol–water partition coefficient (Wildman–Crippen LogP) is 0.800. The second-order valence-corrected chi connectivity index (χ2v) is 5.87. The van der Waals surface area contributed by atoms with E-state index in [1.54, 1.807) is 0 Å². The van der Waals surface area contributed by atoms with E-state index in [-0.39, 0.29) is 10.3 Å². The summed E-state index contributed by atoms with van der Waals surface area (Å²) in [5.41, 5.74) is -0.226. The molecule has 0 aromatic carbocycles. The Hall–Kier alpha value is -0.240. The van der Waals surface area contributed by atoms with Crippen molar-refractivity contribution in [3.8, 4) is 0 Å². The van der Waals surface area contributed by atoms with Crippen molar-refractivity contribution in [1.29, 1.82) is 0 Å². The zero-order chi connectivity index (χ0) is 8.04. The Morgan fingerprint density at radius 2 is 1.50 bits per heavy atom. The van der Waals surface area contributed by atoms with Crippen molar-refractivity contribution in [3.05, 3.63) is 0 Å². The smallest absolute Gasteiger partial charge is 0.310 e. The fraction of sp³-hybridized carbons (Fsp3) is 0.889. The molecule has 0 saturated heterocycles. The van der Waals surface area contributed by atoms with Gasteiger partial charge in [-0.25, -0.2) is 0 Å². The van der Waals surface area contributed by atoms with Crippen molar-refractivity contribution < 1.29 is 9.90 Å². The zero-order valence-corrected chi connectivity index (χ0v) is 6.95. The molecular formula is C9H7ClO2. The number of hydrogen-bond acceptors (Lipinski definition) is 1. The molecule has 6 fully saturated rings. The molecule has 6 rings (SSSR count). The average Bonchev–Trinajstić information content (AvgIpc) is 2.04. The van der Waals surface area contributed by atoms with Gasteiger partial charge in [0.1, 0.15) is 0 Å². The standard InChI is InChI=1S/C9H7ClO2/c10-9-4-1-5(9)3-6(9)2(4)8(1,3)7(11)12/h1-6H,(H,11,12). The first kappa shape index (κ1) is 5.48. The van der Waals surface area contributed by atoms with Gasteiger partial charge in [-0.05, 0) is 35.5 Å². The minimum Gasteiger partial charge on any atom is -0.481 e. The predicted molar refractivity (Wildman–Crippen MR) is 39.6 cm³/mol. The zero-order valence-electron chi connectivity index (χ0n) is 6.20. The van der Waals surface area contributed by atoms with Gasteiger partial charge in [-0.15, -0.1) is 11.6 Å². The van der Waals surface area contributed by atoms with Gasteiger partial charge in [-0.1, -0.05) is 0 Å². The van der Waals surface area contributed by atoms with Gasteiger partial charge < -0.3 is 5.11 Å². The highest BCUT2D eigenvalue weighted by atomic mass is 35.5. The molecule has 3 heteroatoms. The largest absolute Gasteiger partial charge is 0.481 e. The van der Waals surface area contributed by atoms with E-state index in [0.29, 0.717) is 35.5 Å². The van der Waals surface area contributed by atoms with Gasteiger partial charge in [0.05, 0.1) is 10.3 Å². The number of hydrogen-bond donors (Lipinski definition) is 1. The van der Waals surface area contributed by atoms with E-state index in [1.165, 1.54) is 0 Å². The first-order valence-electron chi connectivity index (χ1n) is 4.60. The normalized spacial score (nSPS) is 88.1. The van der Waals surface area contributed by atoms with Crippen LogP contribution in [0.3, 0.4) is 0 Å². The van der Waals surface area contributed by atoms with Crippen LogP contribution in [0.4, 0.5) is 0 Å². The van der Waals surface area contributed by atoms with Crippen molar-refractivity contribution in [3.63, 3.8) is 0 Å². The Balaban J connectivity index is 1.75. The van der Waals surface area contributed by atoms with Crippen molar-refractivity contribution in [1.82, 2.24) is 0 Å². The molecule has 2 nitrogen and oxygen atoms in total. The van der Waals surface area contributed by atoms with Crippen LogP contribution in [-0.2, 0) is 4.79 Å². The number of alkyl halides is 1. The lowest BCUT2D eigenvalue weighted by molar-refractivity contribution is -0.582. The lowest BCUT2D eigenvalue weighted by atomic mass is 8.96. The van der Waals surface area contributed by atoms with Crippen LogP contribution in [0.15, 0.2) is 0 Å². The molecule has 0 atom stereocenters. The maximum atomic E-state index is 11.0. The summed E-state index contributed by atoms with van der Waals surface area (Å²) in [7, 11) is 0. The summed E-state index contributed by atoms with van der Waals surface area (Å²) in [6.45, 7) is 0. The van der Waals surface area contributed by atoms with Gasteiger partial charge in [0, 0.05) is 0 Å². The Bertz CT molecular complexity index is 321. The van der Waals surface area contributed by atoms with E-state index < -0.39 is 5.97 Å². The summed E-state index contributed by atoms with van der Waals surface area (Å²) in [4.78, 5) is 11.2. The van der Waals surface area contributed by atoms with Crippen molar-refractivity contribution in [2.24, 2.45) is 40.9 Å². The number of carboxylic acids is 1. The Labute approximate surface area is 73.9 Å². The quantitative estimate of drug-likeness (QED) is 0.610. The molecule has 6 aliphatic carbocycles. The highest BCUT2D eigenvalue weighted by molar-refractivity contribution is 6.29. The maximum Gasteiger partial charge on any atom is 0.310 e. The number of carboxylic acid groups (broad SMARTS) is 1.